The van der Waals surface area contributed by atoms with Crippen LogP contribution in [0.4, 0.5) is 0 Å². The number of likely N-dealkylation sites (tertiary alicyclic amines) is 1. The molecule has 2 N–H and O–H groups in total. The van der Waals surface area contributed by atoms with Gasteiger partial charge in [-0.15, -0.1) is 24.0 Å². The molecule has 0 aliphatic carbocycles. The van der Waals surface area contributed by atoms with E-state index in [-0.39, 0.29) is 30.0 Å². The summed E-state index contributed by atoms with van der Waals surface area (Å²) in [6.07, 6.45) is 2.31. The van der Waals surface area contributed by atoms with Gasteiger partial charge in [-0.05, 0) is 51.3 Å². The standard InChI is InChI=1S/C23H38ClN5O.HI/c1-4-25-23(27-21-8-10-28(11-9-21)18(2)3)26-17-22(29-12-14-30-15-13-29)19-6-5-7-20(24)16-19;/h5-7,16,18,21-22H,4,8-15,17H2,1-3H3,(H2,25,26,27);1H. The second-order valence-electron chi connectivity index (χ2n) is 8.49. The zero-order valence-electron chi connectivity index (χ0n) is 19.1. The highest BCUT2D eigenvalue weighted by Gasteiger charge is 2.24. The van der Waals surface area contributed by atoms with Crippen LogP contribution in [0.3, 0.4) is 0 Å². The van der Waals surface area contributed by atoms with Gasteiger partial charge in [-0.3, -0.25) is 9.89 Å². The van der Waals surface area contributed by atoms with Crippen LogP contribution in [0.5, 0.6) is 0 Å². The third-order valence-electron chi connectivity index (χ3n) is 6.09. The predicted molar refractivity (Wildman–Crippen MR) is 141 cm³/mol. The van der Waals surface area contributed by atoms with Gasteiger partial charge >= 0.3 is 0 Å². The molecule has 2 aliphatic rings. The highest BCUT2D eigenvalue weighted by molar-refractivity contribution is 14.0. The summed E-state index contributed by atoms with van der Waals surface area (Å²) in [5.74, 6) is 0.917. The summed E-state index contributed by atoms with van der Waals surface area (Å²) in [7, 11) is 0. The Bertz CT molecular complexity index is 676. The number of halogens is 2. The molecule has 2 saturated heterocycles. The van der Waals surface area contributed by atoms with Gasteiger partial charge in [0, 0.05) is 49.8 Å². The number of hydrogen-bond donors (Lipinski definition) is 2. The monoisotopic (exact) mass is 563 g/mol. The highest BCUT2D eigenvalue weighted by Crippen LogP contribution is 2.25. The number of morpholine rings is 1. The van der Waals surface area contributed by atoms with Gasteiger partial charge in [0.1, 0.15) is 0 Å². The first kappa shape index (κ1) is 26.6. The van der Waals surface area contributed by atoms with Gasteiger partial charge in [0.05, 0.1) is 25.8 Å². The molecule has 31 heavy (non-hydrogen) atoms. The van der Waals surface area contributed by atoms with E-state index in [1.54, 1.807) is 0 Å². The van der Waals surface area contributed by atoms with Crippen LogP contribution in [-0.4, -0.2) is 80.3 Å². The lowest BCUT2D eigenvalue weighted by Gasteiger charge is -2.36. The van der Waals surface area contributed by atoms with E-state index in [2.05, 4.69) is 53.3 Å². The Morgan fingerprint density at radius 3 is 2.48 bits per heavy atom. The quantitative estimate of drug-likeness (QED) is 0.301. The minimum absolute atomic E-state index is 0. The van der Waals surface area contributed by atoms with Crippen molar-refractivity contribution in [3.63, 3.8) is 0 Å². The number of rotatable bonds is 7. The van der Waals surface area contributed by atoms with Crippen molar-refractivity contribution in [1.82, 2.24) is 20.4 Å². The molecule has 0 aromatic heterocycles. The molecule has 176 valence electrons. The number of nitrogens with one attached hydrogen (secondary N) is 2. The fourth-order valence-electron chi connectivity index (χ4n) is 4.29. The molecule has 1 atom stereocenters. The molecule has 1 unspecified atom stereocenters. The van der Waals surface area contributed by atoms with Gasteiger partial charge in [-0.25, -0.2) is 0 Å². The molecule has 2 fully saturated rings. The van der Waals surface area contributed by atoms with Crippen LogP contribution in [0, 0.1) is 0 Å². The summed E-state index contributed by atoms with van der Waals surface area (Å²) >= 11 is 6.30. The smallest absolute Gasteiger partial charge is 0.191 e. The van der Waals surface area contributed by atoms with Crippen molar-refractivity contribution in [2.45, 2.75) is 51.7 Å². The van der Waals surface area contributed by atoms with E-state index in [1.807, 2.05) is 12.1 Å². The molecule has 1 aromatic carbocycles. The maximum atomic E-state index is 6.30. The van der Waals surface area contributed by atoms with E-state index in [0.717, 1.165) is 69.8 Å². The lowest BCUT2D eigenvalue weighted by molar-refractivity contribution is 0.0179. The number of ether oxygens (including phenoxy) is 1. The molecule has 2 heterocycles. The van der Waals surface area contributed by atoms with Gasteiger partial charge in [-0.1, -0.05) is 23.7 Å². The van der Waals surface area contributed by atoms with E-state index in [0.29, 0.717) is 18.6 Å². The third kappa shape index (κ3) is 8.35. The van der Waals surface area contributed by atoms with Gasteiger partial charge in [0.2, 0.25) is 0 Å². The lowest BCUT2D eigenvalue weighted by atomic mass is 10.0. The van der Waals surface area contributed by atoms with Crippen molar-refractivity contribution in [1.29, 1.82) is 0 Å². The van der Waals surface area contributed by atoms with E-state index >= 15 is 0 Å². The first-order valence-corrected chi connectivity index (χ1v) is 11.8. The average Bonchev–Trinajstić information content (AvgIpc) is 2.75. The van der Waals surface area contributed by atoms with Crippen LogP contribution >= 0.6 is 35.6 Å². The Balaban J connectivity index is 0.00000341. The molecule has 6 nitrogen and oxygen atoms in total. The van der Waals surface area contributed by atoms with Crippen molar-refractivity contribution in [2.75, 3.05) is 52.5 Å². The average molecular weight is 564 g/mol. The maximum absolute atomic E-state index is 6.30. The summed E-state index contributed by atoms with van der Waals surface area (Å²) in [6, 6.07) is 9.49. The van der Waals surface area contributed by atoms with Crippen LogP contribution < -0.4 is 10.6 Å². The summed E-state index contributed by atoms with van der Waals surface area (Å²) < 4.78 is 5.57. The van der Waals surface area contributed by atoms with E-state index in [1.165, 1.54) is 5.56 Å². The minimum Gasteiger partial charge on any atom is -0.379 e. The van der Waals surface area contributed by atoms with Crippen molar-refractivity contribution in [2.24, 2.45) is 4.99 Å². The Morgan fingerprint density at radius 1 is 1.16 bits per heavy atom. The number of aliphatic imine (C=N–C) groups is 1. The van der Waals surface area contributed by atoms with Gasteiger partial charge < -0.3 is 20.3 Å². The minimum atomic E-state index is 0. The fraction of sp³-hybridized carbons (Fsp3) is 0.696. The summed E-state index contributed by atoms with van der Waals surface area (Å²) in [4.78, 5) is 10.0. The van der Waals surface area contributed by atoms with E-state index in [9.17, 15) is 0 Å². The summed E-state index contributed by atoms with van der Waals surface area (Å²) in [5, 5.41) is 7.90. The zero-order valence-corrected chi connectivity index (χ0v) is 22.2. The molecular formula is C23H39ClIN5O. The van der Waals surface area contributed by atoms with Gasteiger partial charge in [0.25, 0.3) is 0 Å². The Morgan fingerprint density at radius 2 is 1.87 bits per heavy atom. The Hall–Kier alpha value is -0.610. The second kappa shape index (κ2) is 13.8. The molecular weight excluding hydrogens is 525 g/mol. The Labute approximate surface area is 210 Å². The van der Waals surface area contributed by atoms with Crippen LogP contribution in [-0.2, 0) is 4.74 Å². The molecule has 8 heteroatoms. The zero-order chi connectivity index (χ0) is 21.3. The maximum Gasteiger partial charge on any atom is 0.191 e. The summed E-state index contributed by atoms with van der Waals surface area (Å²) in [6.45, 7) is 13.9. The molecule has 0 saturated carbocycles. The van der Waals surface area contributed by atoms with Crippen molar-refractivity contribution >= 4 is 41.5 Å². The number of hydrogen-bond acceptors (Lipinski definition) is 4. The van der Waals surface area contributed by atoms with E-state index < -0.39 is 0 Å². The fourth-order valence-corrected chi connectivity index (χ4v) is 4.48. The molecule has 0 amide bonds. The van der Waals surface area contributed by atoms with Crippen LogP contribution in [0.2, 0.25) is 5.02 Å². The van der Waals surface area contributed by atoms with Crippen LogP contribution in [0.25, 0.3) is 0 Å². The number of nitrogens with zero attached hydrogens (tertiary/aromatic N) is 3. The number of piperidine rings is 1. The van der Waals surface area contributed by atoms with Crippen molar-refractivity contribution in [3.05, 3.63) is 34.9 Å². The van der Waals surface area contributed by atoms with Crippen molar-refractivity contribution in [3.8, 4) is 0 Å². The summed E-state index contributed by atoms with van der Waals surface area (Å²) in [5.41, 5.74) is 1.22. The molecule has 2 aliphatic heterocycles. The van der Waals surface area contributed by atoms with Gasteiger partial charge in [0.15, 0.2) is 5.96 Å². The van der Waals surface area contributed by atoms with Crippen molar-refractivity contribution < 1.29 is 4.74 Å². The third-order valence-corrected chi connectivity index (χ3v) is 6.32. The number of benzene rings is 1. The second-order valence-corrected chi connectivity index (χ2v) is 8.92. The SMILES string of the molecule is CCNC(=NCC(c1cccc(Cl)c1)N1CCOCC1)NC1CCN(C(C)C)CC1.I. The van der Waals surface area contributed by atoms with Crippen LogP contribution in [0.1, 0.15) is 45.2 Å². The predicted octanol–water partition coefficient (Wildman–Crippen LogP) is 3.76. The first-order valence-electron chi connectivity index (χ1n) is 11.4. The number of guanidine groups is 1. The first-order chi connectivity index (χ1) is 14.6. The molecule has 3 rings (SSSR count). The molecule has 0 bridgehead atoms. The van der Waals surface area contributed by atoms with Gasteiger partial charge in [-0.2, -0.15) is 0 Å². The van der Waals surface area contributed by atoms with E-state index in [4.69, 9.17) is 21.3 Å². The largest absolute Gasteiger partial charge is 0.379 e. The topological polar surface area (TPSA) is 52.1 Å². The molecule has 0 radical (unpaired) electrons. The lowest BCUT2D eigenvalue weighted by Crippen LogP contribution is -2.50. The molecule has 0 spiro atoms. The molecule has 1 aromatic rings. The highest BCUT2D eigenvalue weighted by atomic mass is 127. The van der Waals surface area contributed by atoms with Crippen LogP contribution in [0.15, 0.2) is 29.3 Å². The normalized spacial score (nSPS) is 20.4. The Kier molecular flexibility index (Phi) is 11.9.